The zero-order chi connectivity index (χ0) is 14.3. The number of hydrogen-bond donors (Lipinski definition) is 1. The van der Waals surface area contributed by atoms with Crippen LogP contribution in [0.2, 0.25) is 0 Å². The maximum atomic E-state index is 10.3. The smallest absolute Gasteiger partial charge is 0.0690 e. The van der Waals surface area contributed by atoms with Crippen LogP contribution in [0.25, 0.3) is 0 Å². The third-order valence-corrected chi connectivity index (χ3v) is 5.95. The largest absolute Gasteiger partial charge is 0.393 e. The highest BCUT2D eigenvalue weighted by atomic mass is 16.3. The second-order valence-electron chi connectivity index (χ2n) is 7.83. The normalized spacial score (nSPS) is 41.6. The lowest BCUT2D eigenvalue weighted by Crippen LogP contribution is -2.44. The molecular weight excluding hydrogens is 234 g/mol. The molecule has 0 radical (unpaired) electrons. The first-order valence-electron chi connectivity index (χ1n) is 7.93. The Bertz CT molecular complexity index is 372. The van der Waals surface area contributed by atoms with Gasteiger partial charge in [-0.2, -0.15) is 5.26 Å². The van der Waals surface area contributed by atoms with Gasteiger partial charge in [-0.3, -0.25) is 0 Å². The molecule has 0 aromatic rings. The summed E-state index contributed by atoms with van der Waals surface area (Å²) in [7, 11) is 0. The molecule has 0 heterocycles. The van der Waals surface area contributed by atoms with Crippen molar-refractivity contribution in [1.29, 1.82) is 5.26 Å². The van der Waals surface area contributed by atoms with Crippen molar-refractivity contribution in [3.8, 4) is 6.07 Å². The lowest BCUT2D eigenvalue weighted by molar-refractivity contribution is -0.0392. The zero-order valence-corrected chi connectivity index (χ0v) is 12.9. The SMILES string of the molecule is CC(C)CC(C)(C#N)C1CCC2C(O)CCCC21C. The van der Waals surface area contributed by atoms with Crippen LogP contribution in [0, 0.1) is 39.9 Å². The van der Waals surface area contributed by atoms with Crippen molar-refractivity contribution in [2.45, 2.75) is 72.3 Å². The maximum absolute atomic E-state index is 10.3. The van der Waals surface area contributed by atoms with Crippen LogP contribution in [0.5, 0.6) is 0 Å². The zero-order valence-electron chi connectivity index (χ0n) is 12.9. The Balaban J connectivity index is 2.28. The lowest BCUT2D eigenvalue weighted by atomic mass is 9.56. The summed E-state index contributed by atoms with van der Waals surface area (Å²) in [6, 6.07) is 2.64. The summed E-state index contributed by atoms with van der Waals surface area (Å²) in [6.07, 6.45) is 6.34. The molecule has 0 spiro atoms. The van der Waals surface area contributed by atoms with Gasteiger partial charge < -0.3 is 5.11 Å². The molecule has 0 aromatic carbocycles. The summed E-state index contributed by atoms with van der Waals surface area (Å²) in [5, 5.41) is 20.1. The van der Waals surface area contributed by atoms with Gasteiger partial charge in [0.05, 0.1) is 17.6 Å². The van der Waals surface area contributed by atoms with Gasteiger partial charge in [-0.1, -0.05) is 27.2 Å². The molecule has 2 aliphatic rings. The highest BCUT2D eigenvalue weighted by Crippen LogP contribution is 2.61. The van der Waals surface area contributed by atoms with Crippen molar-refractivity contribution in [1.82, 2.24) is 0 Å². The van der Waals surface area contributed by atoms with Gasteiger partial charge in [-0.05, 0) is 62.2 Å². The van der Waals surface area contributed by atoms with E-state index in [1.165, 1.54) is 6.42 Å². The molecular formula is C17H29NO. The van der Waals surface area contributed by atoms with E-state index in [1.54, 1.807) is 0 Å². The third kappa shape index (κ3) is 2.42. The molecule has 5 unspecified atom stereocenters. The van der Waals surface area contributed by atoms with Gasteiger partial charge in [0.2, 0.25) is 0 Å². The quantitative estimate of drug-likeness (QED) is 0.831. The average molecular weight is 263 g/mol. The van der Waals surface area contributed by atoms with Gasteiger partial charge in [-0.15, -0.1) is 0 Å². The van der Waals surface area contributed by atoms with E-state index in [4.69, 9.17) is 0 Å². The van der Waals surface area contributed by atoms with E-state index in [0.29, 0.717) is 17.8 Å². The average Bonchev–Trinajstić information content (AvgIpc) is 2.67. The monoisotopic (exact) mass is 263 g/mol. The van der Waals surface area contributed by atoms with Crippen LogP contribution in [0.1, 0.15) is 66.2 Å². The van der Waals surface area contributed by atoms with E-state index in [9.17, 15) is 10.4 Å². The van der Waals surface area contributed by atoms with Crippen molar-refractivity contribution in [3.63, 3.8) is 0 Å². The number of nitrogens with zero attached hydrogens (tertiary/aromatic N) is 1. The summed E-state index contributed by atoms with van der Waals surface area (Å²) >= 11 is 0. The maximum Gasteiger partial charge on any atom is 0.0690 e. The Labute approximate surface area is 118 Å². The molecule has 2 saturated carbocycles. The highest BCUT2D eigenvalue weighted by Gasteiger charge is 2.56. The summed E-state index contributed by atoms with van der Waals surface area (Å²) in [5.74, 6) is 1.43. The van der Waals surface area contributed by atoms with E-state index < -0.39 is 0 Å². The van der Waals surface area contributed by atoms with E-state index in [0.717, 1.165) is 32.1 Å². The number of aliphatic hydroxyl groups excluding tert-OH is 1. The van der Waals surface area contributed by atoms with Gasteiger partial charge >= 0.3 is 0 Å². The van der Waals surface area contributed by atoms with Crippen molar-refractivity contribution >= 4 is 0 Å². The van der Waals surface area contributed by atoms with Crippen LogP contribution in [-0.2, 0) is 0 Å². The Morgan fingerprint density at radius 1 is 1.37 bits per heavy atom. The van der Waals surface area contributed by atoms with E-state index in [1.807, 2.05) is 0 Å². The molecule has 0 aliphatic heterocycles. The highest BCUT2D eigenvalue weighted by molar-refractivity contribution is 5.11. The first kappa shape index (κ1) is 14.9. The van der Waals surface area contributed by atoms with Gasteiger partial charge in [0, 0.05) is 0 Å². The number of rotatable bonds is 3. The molecule has 5 atom stereocenters. The molecule has 2 fully saturated rings. The van der Waals surface area contributed by atoms with Crippen LogP contribution in [0.4, 0.5) is 0 Å². The van der Waals surface area contributed by atoms with Crippen molar-refractivity contribution < 1.29 is 5.11 Å². The summed E-state index contributed by atoms with van der Waals surface area (Å²) in [5.41, 5.74) is -0.0498. The minimum atomic E-state index is -0.227. The summed E-state index contributed by atoms with van der Waals surface area (Å²) < 4.78 is 0. The standard InChI is InChI=1S/C17H29NO/c1-12(2)10-16(3,11-18)15-8-7-13-14(19)6-5-9-17(13,15)4/h12-15,19H,5-10H2,1-4H3. The van der Waals surface area contributed by atoms with E-state index >= 15 is 0 Å². The van der Waals surface area contributed by atoms with Crippen LogP contribution < -0.4 is 0 Å². The molecule has 108 valence electrons. The molecule has 2 heteroatoms. The first-order chi connectivity index (χ1) is 8.83. The third-order valence-electron chi connectivity index (χ3n) is 5.95. The number of aliphatic hydroxyl groups is 1. The van der Waals surface area contributed by atoms with Crippen LogP contribution in [0.15, 0.2) is 0 Å². The second kappa shape index (κ2) is 5.09. The van der Waals surface area contributed by atoms with E-state index in [2.05, 4.69) is 33.8 Å². The Morgan fingerprint density at radius 2 is 2.05 bits per heavy atom. The molecule has 2 nitrogen and oxygen atoms in total. The molecule has 0 amide bonds. The van der Waals surface area contributed by atoms with E-state index in [-0.39, 0.29) is 16.9 Å². The molecule has 1 N–H and O–H groups in total. The number of hydrogen-bond acceptors (Lipinski definition) is 2. The Hall–Kier alpha value is -0.550. The molecule has 2 aliphatic carbocycles. The van der Waals surface area contributed by atoms with Crippen LogP contribution in [-0.4, -0.2) is 11.2 Å². The van der Waals surface area contributed by atoms with Gasteiger partial charge in [0.25, 0.3) is 0 Å². The fourth-order valence-corrected chi connectivity index (χ4v) is 5.31. The lowest BCUT2D eigenvalue weighted by Gasteiger charge is -2.47. The van der Waals surface area contributed by atoms with Crippen LogP contribution in [0.3, 0.4) is 0 Å². The Morgan fingerprint density at radius 3 is 2.63 bits per heavy atom. The van der Waals surface area contributed by atoms with Crippen LogP contribution >= 0.6 is 0 Å². The second-order valence-corrected chi connectivity index (χ2v) is 7.83. The van der Waals surface area contributed by atoms with Crippen molar-refractivity contribution in [3.05, 3.63) is 0 Å². The van der Waals surface area contributed by atoms with Gasteiger partial charge in [0.1, 0.15) is 0 Å². The topological polar surface area (TPSA) is 44.0 Å². The fourth-order valence-electron chi connectivity index (χ4n) is 5.31. The predicted molar refractivity (Wildman–Crippen MR) is 77.4 cm³/mol. The first-order valence-corrected chi connectivity index (χ1v) is 7.93. The molecule has 0 aromatic heterocycles. The molecule has 0 saturated heterocycles. The van der Waals surface area contributed by atoms with Gasteiger partial charge in [-0.25, -0.2) is 0 Å². The predicted octanol–water partition coefficient (Wildman–Crippen LogP) is 4.14. The minimum Gasteiger partial charge on any atom is -0.393 e. The van der Waals surface area contributed by atoms with Crippen molar-refractivity contribution in [2.75, 3.05) is 0 Å². The molecule has 0 bridgehead atoms. The number of nitriles is 1. The van der Waals surface area contributed by atoms with Gasteiger partial charge in [0.15, 0.2) is 0 Å². The minimum absolute atomic E-state index is 0.134. The molecule has 2 rings (SSSR count). The fraction of sp³-hybridized carbons (Fsp3) is 0.941. The Kier molecular flexibility index (Phi) is 3.98. The summed E-state index contributed by atoms with van der Waals surface area (Å²) in [4.78, 5) is 0. The summed E-state index contributed by atoms with van der Waals surface area (Å²) in [6.45, 7) is 8.92. The number of fused-ring (bicyclic) bond motifs is 1. The van der Waals surface area contributed by atoms with Crippen molar-refractivity contribution in [2.24, 2.45) is 28.6 Å². The molecule has 19 heavy (non-hydrogen) atoms.